The highest BCUT2D eigenvalue weighted by Gasteiger charge is 2.24. The van der Waals surface area contributed by atoms with E-state index in [1.54, 1.807) is 18.2 Å². The monoisotopic (exact) mass is 388 g/mol. The Morgan fingerprint density at radius 3 is 2.74 bits per heavy atom. The highest BCUT2D eigenvalue weighted by atomic mass is 35.5. The molecule has 1 atom stereocenters. The molecule has 1 amide bonds. The maximum atomic E-state index is 13.2. The molecular formula is C21H22ClFN2O2. The zero-order valence-electron chi connectivity index (χ0n) is 14.9. The molecule has 1 aliphatic heterocycles. The molecule has 2 aromatic carbocycles. The van der Waals surface area contributed by atoms with Crippen LogP contribution in [-0.2, 0) is 9.53 Å². The van der Waals surface area contributed by atoms with E-state index in [-0.39, 0.29) is 17.8 Å². The summed E-state index contributed by atoms with van der Waals surface area (Å²) in [7, 11) is 0. The molecular weight excluding hydrogens is 367 g/mol. The second-order valence-electron chi connectivity index (χ2n) is 6.32. The van der Waals surface area contributed by atoms with E-state index >= 15 is 0 Å². The molecule has 0 radical (unpaired) electrons. The molecule has 1 saturated heterocycles. The number of halogens is 2. The lowest BCUT2D eigenvalue weighted by Gasteiger charge is -2.35. The largest absolute Gasteiger partial charge is 0.379 e. The van der Waals surface area contributed by atoms with E-state index in [1.807, 2.05) is 24.3 Å². The molecule has 142 valence electrons. The summed E-state index contributed by atoms with van der Waals surface area (Å²) in [6.45, 7) is 3.31. The molecule has 1 heterocycles. The molecule has 27 heavy (non-hydrogen) atoms. The fraction of sp³-hybridized carbons (Fsp3) is 0.286. The van der Waals surface area contributed by atoms with Gasteiger partial charge in [0.1, 0.15) is 5.82 Å². The lowest BCUT2D eigenvalue weighted by atomic mass is 10.0. The maximum Gasteiger partial charge on any atom is 0.244 e. The summed E-state index contributed by atoms with van der Waals surface area (Å²) in [4.78, 5) is 14.5. The second-order valence-corrected chi connectivity index (χ2v) is 6.73. The first kappa shape index (κ1) is 19.5. The first-order valence-electron chi connectivity index (χ1n) is 8.91. The normalized spacial score (nSPS) is 16.4. The van der Waals surface area contributed by atoms with Gasteiger partial charge in [-0.25, -0.2) is 4.39 Å². The third kappa shape index (κ3) is 5.63. The predicted octanol–water partition coefficient (Wildman–Crippen LogP) is 3.68. The van der Waals surface area contributed by atoms with E-state index in [9.17, 15) is 9.18 Å². The summed E-state index contributed by atoms with van der Waals surface area (Å²) >= 11 is 6.39. The van der Waals surface area contributed by atoms with Crippen LogP contribution in [0.2, 0.25) is 5.02 Å². The van der Waals surface area contributed by atoms with E-state index in [4.69, 9.17) is 16.3 Å². The topological polar surface area (TPSA) is 41.6 Å². The van der Waals surface area contributed by atoms with Crippen LogP contribution in [0.4, 0.5) is 4.39 Å². The molecule has 0 saturated carbocycles. The number of carbonyl (C=O) groups excluding carboxylic acids is 1. The van der Waals surface area contributed by atoms with E-state index in [2.05, 4.69) is 10.2 Å². The van der Waals surface area contributed by atoms with Gasteiger partial charge in [0.05, 0.1) is 19.3 Å². The number of amides is 1. The molecule has 6 heteroatoms. The maximum absolute atomic E-state index is 13.2. The Morgan fingerprint density at radius 1 is 1.22 bits per heavy atom. The lowest BCUT2D eigenvalue weighted by molar-refractivity contribution is -0.116. The number of nitrogens with zero attached hydrogens (tertiary/aromatic N) is 1. The average molecular weight is 389 g/mol. The van der Waals surface area contributed by atoms with Crippen molar-refractivity contribution >= 4 is 23.6 Å². The molecule has 1 N–H and O–H groups in total. The average Bonchev–Trinajstić information content (AvgIpc) is 2.69. The first-order valence-corrected chi connectivity index (χ1v) is 9.29. The summed E-state index contributed by atoms with van der Waals surface area (Å²) < 4.78 is 18.6. The van der Waals surface area contributed by atoms with E-state index in [1.165, 1.54) is 18.2 Å². The third-order valence-electron chi connectivity index (χ3n) is 4.50. The zero-order valence-corrected chi connectivity index (χ0v) is 15.7. The number of nitrogens with one attached hydrogen (secondary N) is 1. The standard InChI is InChI=1S/C21H22ClFN2O2/c22-19-7-2-1-6-18(19)20(25-10-12-27-13-11-25)15-24-21(26)9-8-16-4-3-5-17(23)14-16/h1-9,14,20H,10-13,15H2,(H,24,26)/b9-8+. The summed E-state index contributed by atoms with van der Waals surface area (Å²) in [5.74, 6) is -0.562. The van der Waals surface area contributed by atoms with Crippen molar-refractivity contribution in [1.82, 2.24) is 10.2 Å². The molecule has 1 aliphatic rings. The number of benzene rings is 2. The number of hydrogen-bond acceptors (Lipinski definition) is 3. The second kappa shape index (κ2) is 9.65. The SMILES string of the molecule is O=C(/C=C/c1cccc(F)c1)NCC(c1ccccc1Cl)N1CCOCC1. The Morgan fingerprint density at radius 2 is 2.00 bits per heavy atom. The van der Waals surface area contributed by atoms with Gasteiger partial charge in [0.25, 0.3) is 0 Å². The summed E-state index contributed by atoms with van der Waals surface area (Å²) in [6, 6.07) is 13.7. The van der Waals surface area contributed by atoms with Crippen LogP contribution in [0.5, 0.6) is 0 Å². The van der Waals surface area contributed by atoms with Crippen LogP contribution in [0.15, 0.2) is 54.6 Å². The number of rotatable bonds is 6. The van der Waals surface area contributed by atoms with Crippen LogP contribution >= 0.6 is 11.6 Å². The minimum atomic E-state index is -0.330. The quantitative estimate of drug-likeness (QED) is 0.767. The van der Waals surface area contributed by atoms with Crippen molar-refractivity contribution in [2.75, 3.05) is 32.8 Å². The Kier molecular flexibility index (Phi) is 6.98. The van der Waals surface area contributed by atoms with Gasteiger partial charge in [0, 0.05) is 30.7 Å². The van der Waals surface area contributed by atoms with Gasteiger partial charge in [0.2, 0.25) is 5.91 Å². The van der Waals surface area contributed by atoms with E-state index in [0.29, 0.717) is 30.3 Å². The molecule has 0 bridgehead atoms. The predicted molar refractivity (Wildman–Crippen MR) is 105 cm³/mol. The van der Waals surface area contributed by atoms with Crippen LogP contribution in [0, 0.1) is 5.82 Å². The Balaban J connectivity index is 1.67. The summed E-state index contributed by atoms with van der Waals surface area (Å²) in [5, 5.41) is 3.61. The van der Waals surface area contributed by atoms with Crippen molar-refractivity contribution in [3.63, 3.8) is 0 Å². The molecule has 0 aliphatic carbocycles. The number of morpholine rings is 1. The van der Waals surface area contributed by atoms with Crippen LogP contribution in [-0.4, -0.2) is 43.7 Å². The molecule has 3 rings (SSSR count). The van der Waals surface area contributed by atoms with Crippen LogP contribution < -0.4 is 5.32 Å². The Hall–Kier alpha value is -2.21. The van der Waals surface area contributed by atoms with Crippen molar-refractivity contribution in [3.05, 3.63) is 76.6 Å². The lowest BCUT2D eigenvalue weighted by Crippen LogP contribution is -2.43. The van der Waals surface area contributed by atoms with Gasteiger partial charge >= 0.3 is 0 Å². The van der Waals surface area contributed by atoms with E-state index in [0.717, 1.165) is 18.7 Å². The van der Waals surface area contributed by atoms with Crippen molar-refractivity contribution < 1.29 is 13.9 Å². The van der Waals surface area contributed by atoms with Gasteiger partial charge in [-0.15, -0.1) is 0 Å². The Labute approximate surface area is 163 Å². The van der Waals surface area contributed by atoms with Gasteiger partial charge in [-0.05, 0) is 35.4 Å². The zero-order chi connectivity index (χ0) is 19.1. The van der Waals surface area contributed by atoms with Gasteiger partial charge in [-0.2, -0.15) is 0 Å². The van der Waals surface area contributed by atoms with Crippen molar-refractivity contribution in [3.8, 4) is 0 Å². The van der Waals surface area contributed by atoms with Crippen LogP contribution in [0.25, 0.3) is 6.08 Å². The first-order chi connectivity index (χ1) is 13.1. The Bertz CT molecular complexity index is 806. The highest BCUT2D eigenvalue weighted by molar-refractivity contribution is 6.31. The van der Waals surface area contributed by atoms with Gasteiger partial charge in [0.15, 0.2) is 0 Å². The smallest absolute Gasteiger partial charge is 0.244 e. The summed E-state index contributed by atoms with van der Waals surface area (Å²) in [5.41, 5.74) is 1.62. The summed E-state index contributed by atoms with van der Waals surface area (Å²) in [6.07, 6.45) is 3.01. The van der Waals surface area contributed by atoms with E-state index < -0.39 is 0 Å². The fourth-order valence-electron chi connectivity index (χ4n) is 3.11. The van der Waals surface area contributed by atoms with Gasteiger partial charge in [-0.1, -0.05) is 41.9 Å². The van der Waals surface area contributed by atoms with Crippen molar-refractivity contribution in [2.45, 2.75) is 6.04 Å². The molecule has 2 aromatic rings. The van der Waals surface area contributed by atoms with Crippen molar-refractivity contribution in [2.24, 2.45) is 0 Å². The van der Waals surface area contributed by atoms with Gasteiger partial charge in [-0.3, -0.25) is 9.69 Å². The minimum absolute atomic E-state index is 0.0332. The molecule has 1 unspecified atom stereocenters. The number of ether oxygens (including phenoxy) is 1. The fourth-order valence-corrected chi connectivity index (χ4v) is 3.37. The number of hydrogen-bond donors (Lipinski definition) is 1. The van der Waals surface area contributed by atoms with Gasteiger partial charge < -0.3 is 10.1 Å². The third-order valence-corrected chi connectivity index (χ3v) is 4.84. The highest BCUT2D eigenvalue weighted by Crippen LogP contribution is 2.27. The van der Waals surface area contributed by atoms with Crippen molar-refractivity contribution in [1.29, 1.82) is 0 Å². The molecule has 0 aromatic heterocycles. The molecule has 0 spiro atoms. The molecule has 4 nitrogen and oxygen atoms in total. The molecule has 1 fully saturated rings. The number of carbonyl (C=O) groups is 1. The van der Waals surface area contributed by atoms with Crippen LogP contribution in [0.3, 0.4) is 0 Å². The minimum Gasteiger partial charge on any atom is -0.379 e. The van der Waals surface area contributed by atoms with Crippen LogP contribution in [0.1, 0.15) is 17.2 Å².